The number of aromatic nitrogens is 4. The molecule has 5 aromatic rings. The summed E-state index contributed by atoms with van der Waals surface area (Å²) >= 11 is 0. The van der Waals surface area contributed by atoms with Gasteiger partial charge in [-0.15, -0.1) is 0 Å². The lowest BCUT2D eigenvalue weighted by atomic mass is 10.2. The number of benzene rings is 3. The lowest BCUT2D eigenvalue weighted by molar-refractivity contribution is 0.482. The molecule has 2 heterocycles. The van der Waals surface area contributed by atoms with Crippen LogP contribution in [0.4, 0.5) is 0 Å². The second-order valence-electron chi connectivity index (χ2n) is 6.33. The maximum Gasteiger partial charge on any atom is 0.129 e. The van der Waals surface area contributed by atoms with Gasteiger partial charge in [-0.3, -0.25) is 4.98 Å². The van der Waals surface area contributed by atoms with Crippen molar-refractivity contribution >= 4 is 11.0 Å². The Hall–Kier alpha value is -3.99. The van der Waals surface area contributed by atoms with Crippen LogP contribution in [0.2, 0.25) is 0 Å². The lowest BCUT2D eigenvalue weighted by Gasteiger charge is -2.07. The Balaban J connectivity index is 1.44. The number of para-hydroxylation sites is 3. The summed E-state index contributed by atoms with van der Waals surface area (Å²) in [4.78, 5) is 9.17. The Bertz CT molecular complexity index is 1250. The SMILES string of the molecule is c1ccc(Oc2cccc(-n3cc(-c4cnc5ccccc5n4)cn3)c2)cc1. The average Bonchev–Trinajstić information content (AvgIpc) is 3.25. The molecular weight excluding hydrogens is 348 g/mol. The molecule has 0 aliphatic heterocycles. The molecule has 3 aromatic carbocycles. The molecule has 0 fully saturated rings. The van der Waals surface area contributed by atoms with Gasteiger partial charge in [0, 0.05) is 17.8 Å². The first kappa shape index (κ1) is 16.2. The topological polar surface area (TPSA) is 52.8 Å². The van der Waals surface area contributed by atoms with E-state index in [0.29, 0.717) is 0 Å². The summed E-state index contributed by atoms with van der Waals surface area (Å²) in [6.07, 6.45) is 5.52. The van der Waals surface area contributed by atoms with Crippen molar-refractivity contribution in [2.75, 3.05) is 0 Å². The Kier molecular flexibility index (Phi) is 4.03. The van der Waals surface area contributed by atoms with Crippen LogP contribution in [0.15, 0.2) is 97.5 Å². The van der Waals surface area contributed by atoms with E-state index in [2.05, 4.69) is 15.1 Å². The number of hydrogen-bond donors (Lipinski definition) is 0. The molecule has 0 bridgehead atoms. The molecule has 0 amide bonds. The monoisotopic (exact) mass is 364 g/mol. The third-order valence-corrected chi connectivity index (χ3v) is 4.39. The highest BCUT2D eigenvalue weighted by Gasteiger charge is 2.07. The minimum atomic E-state index is 0.756. The van der Waals surface area contributed by atoms with Crippen molar-refractivity contribution in [2.24, 2.45) is 0 Å². The molecule has 5 heteroatoms. The summed E-state index contributed by atoms with van der Waals surface area (Å²) in [6.45, 7) is 0. The Morgan fingerprint density at radius 1 is 0.714 bits per heavy atom. The second kappa shape index (κ2) is 6.96. The molecule has 28 heavy (non-hydrogen) atoms. The van der Waals surface area contributed by atoms with E-state index < -0.39 is 0 Å². The molecule has 0 radical (unpaired) electrons. The molecule has 0 saturated carbocycles. The maximum absolute atomic E-state index is 5.92. The van der Waals surface area contributed by atoms with Crippen molar-refractivity contribution in [3.05, 3.63) is 97.5 Å². The van der Waals surface area contributed by atoms with Crippen LogP contribution in [0, 0.1) is 0 Å². The summed E-state index contributed by atoms with van der Waals surface area (Å²) < 4.78 is 7.73. The van der Waals surface area contributed by atoms with E-state index in [-0.39, 0.29) is 0 Å². The summed E-state index contributed by atoms with van der Waals surface area (Å²) in [7, 11) is 0. The quantitative estimate of drug-likeness (QED) is 0.436. The van der Waals surface area contributed by atoms with E-state index in [1.165, 1.54) is 0 Å². The normalized spacial score (nSPS) is 10.9. The van der Waals surface area contributed by atoms with Crippen LogP contribution < -0.4 is 4.74 Å². The van der Waals surface area contributed by atoms with Gasteiger partial charge in [0.25, 0.3) is 0 Å². The van der Waals surface area contributed by atoms with E-state index in [4.69, 9.17) is 4.74 Å². The van der Waals surface area contributed by atoms with Crippen LogP contribution in [0.5, 0.6) is 11.5 Å². The van der Waals surface area contributed by atoms with Crippen molar-refractivity contribution in [2.45, 2.75) is 0 Å². The van der Waals surface area contributed by atoms with Gasteiger partial charge in [-0.05, 0) is 36.4 Å². The molecule has 0 unspecified atom stereocenters. The smallest absolute Gasteiger partial charge is 0.129 e. The molecule has 2 aromatic heterocycles. The summed E-state index contributed by atoms with van der Waals surface area (Å²) in [5.41, 5.74) is 4.36. The summed E-state index contributed by atoms with van der Waals surface area (Å²) in [6, 6.07) is 25.4. The van der Waals surface area contributed by atoms with Crippen LogP contribution in [0.25, 0.3) is 28.0 Å². The minimum Gasteiger partial charge on any atom is -0.457 e. The zero-order chi connectivity index (χ0) is 18.8. The van der Waals surface area contributed by atoms with Gasteiger partial charge in [0.05, 0.1) is 34.8 Å². The number of rotatable bonds is 4. The molecule has 5 rings (SSSR count). The Morgan fingerprint density at radius 3 is 2.39 bits per heavy atom. The minimum absolute atomic E-state index is 0.756. The fourth-order valence-corrected chi connectivity index (χ4v) is 3.01. The first-order valence-electron chi connectivity index (χ1n) is 8.95. The zero-order valence-corrected chi connectivity index (χ0v) is 14.9. The van der Waals surface area contributed by atoms with Gasteiger partial charge in [0.2, 0.25) is 0 Å². The third kappa shape index (κ3) is 3.21. The van der Waals surface area contributed by atoms with E-state index >= 15 is 0 Å². The highest BCUT2D eigenvalue weighted by atomic mass is 16.5. The summed E-state index contributed by atoms with van der Waals surface area (Å²) in [5, 5.41) is 4.48. The lowest BCUT2D eigenvalue weighted by Crippen LogP contribution is -1.94. The number of ether oxygens (including phenoxy) is 1. The van der Waals surface area contributed by atoms with Gasteiger partial charge in [0.15, 0.2) is 0 Å². The van der Waals surface area contributed by atoms with Gasteiger partial charge in [-0.25, -0.2) is 9.67 Å². The molecule has 0 aliphatic rings. The van der Waals surface area contributed by atoms with Crippen LogP contribution in [-0.2, 0) is 0 Å². The number of fused-ring (bicyclic) bond motifs is 1. The highest BCUT2D eigenvalue weighted by Crippen LogP contribution is 2.25. The predicted octanol–water partition coefficient (Wildman–Crippen LogP) is 5.27. The van der Waals surface area contributed by atoms with Crippen LogP contribution >= 0.6 is 0 Å². The van der Waals surface area contributed by atoms with Crippen molar-refractivity contribution in [1.29, 1.82) is 0 Å². The Labute approximate surface area is 161 Å². The fourth-order valence-electron chi connectivity index (χ4n) is 3.01. The Morgan fingerprint density at radius 2 is 1.50 bits per heavy atom. The first-order chi connectivity index (χ1) is 13.8. The highest BCUT2D eigenvalue weighted by molar-refractivity contribution is 5.76. The van der Waals surface area contributed by atoms with Gasteiger partial charge in [0.1, 0.15) is 11.5 Å². The van der Waals surface area contributed by atoms with E-state index in [0.717, 1.165) is 39.5 Å². The summed E-state index contributed by atoms with van der Waals surface area (Å²) in [5.74, 6) is 1.55. The van der Waals surface area contributed by atoms with Gasteiger partial charge in [-0.1, -0.05) is 36.4 Å². The van der Waals surface area contributed by atoms with Gasteiger partial charge >= 0.3 is 0 Å². The molecule has 0 spiro atoms. The van der Waals surface area contributed by atoms with Crippen LogP contribution in [-0.4, -0.2) is 19.7 Å². The van der Waals surface area contributed by atoms with Crippen molar-refractivity contribution < 1.29 is 4.74 Å². The van der Waals surface area contributed by atoms with Crippen molar-refractivity contribution in [3.63, 3.8) is 0 Å². The predicted molar refractivity (Wildman–Crippen MR) is 109 cm³/mol. The van der Waals surface area contributed by atoms with Crippen LogP contribution in [0.3, 0.4) is 0 Å². The molecule has 0 N–H and O–H groups in total. The molecule has 0 aliphatic carbocycles. The van der Waals surface area contributed by atoms with E-state index in [9.17, 15) is 0 Å². The second-order valence-corrected chi connectivity index (χ2v) is 6.33. The fraction of sp³-hybridized carbons (Fsp3) is 0. The van der Waals surface area contributed by atoms with E-state index in [1.807, 2.05) is 89.7 Å². The number of hydrogen-bond acceptors (Lipinski definition) is 4. The van der Waals surface area contributed by atoms with Gasteiger partial charge < -0.3 is 4.74 Å². The maximum atomic E-state index is 5.92. The first-order valence-corrected chi connectivity index (χ1v) is 8.95. The van der Waals surface area contributed by atoms with Crippen LogP contribution in [0.1, 0.15) is 0 Å². The largest absolute Gasteiger partial charge is 0.457 e. The average molecular weight is 364 g/mol. The molecule has 5 nitrogen and oxygen atoms in total. The molecule has 134 valence electrons. The molecular formula is C23H16N4O. The zero-order valence-electron chi connectivity index (χ0n) is 14.9. The van der Waals surface area contributed by atoms with Crippen molar-refractivity contribution in [1.82, 2.24) is 19.7 Å². The molecule has 0 saturated heterocycles. The van der Waals surface area contributed by atoms with Crippen molar-refractivity contribution in [3.8, 4) is 28.4 Å². The third-order valence-electron chi connectivity index (χ3n) is 4.39. The van der Waals surface area contributed by atoms with E-state index in [1.54, 1.807) is 12.4 Å². The van der Waals surface area contributed by atoms with Gasteiger partial charge in [-0.2, -0.15) is 5.10 Å². The molecule has 0 atom stereocenters. The number of nitrogens with zero attached hydrogens (tertiary/aromatic N) is 4. The standard InChI is InChI=1S/C23H16N4O/c1-2-8-19(9-3-1)28-20-10-6-7-18(13-20)27-16-17(14-25-27)23-15-24-21-11-4-5-12-22(21)26-23/h1-16H.